The first kappa shape index (κ1) is 14.6. The molecule has 0 amide bonds. The van der Waals surface area contributed by atoms with Crippen molar-refractivity contribution in [3.63, 3.8) is 0 Å². The Balaban J connectivity index is 2.17. The molecule has 1 aliphatic rings. The van der Waals surface area contributed by atoms with E-state index >= 15 is 0 Å². The summed E-state index contributed by atoms with van der Waals surface area (Å²) < 4.78 is 5.14. The summed E-state index contributed by atoms with van der Waals surface area (Å²) in [6, 6.07) is 3.77. The normalized spacial score (nSPS) is 17.0. The summed E-state index contributed by atoms with van der Waals surface area (Å²) in [5, 5.41) is 3.58. The van der Waals surface area contributed by atoms with E-state index in [1.807, 2.05) is 31.4 Å². The van der Waals surface area contributed by atoms with Gasteiger partial charge in [-0.1, -0.05) is 31.8 Å². The highest BCUT2D eigenvalue weighted by Gasteiger charge is 2.28. The Kier molecular flexibility index (Phi) is 4.83. The van der Waals surface area contributed by atoms with Gasteiger partial charge in [-0.3, -0.25) is 0 Å². The highest BCUT2D eigenvalue weighted by Crippen LogP contribution is 2.18. The van der Waals surface area contributed by atoms with Gasteiger partial charge in [0.1, 0.15) is 11.8 Å². The van der Waals surface area contributed by atoms with Crippen LogP contribution in [0.15, 0.2) is 29.3 Å². The van der Waals surface area contributed by atoms with Gasteiger partial charge in [-0.05, 0) is 17.4 Å². The average molecular weight is 291 g/mol. The predicted molar refractivity (Wildman–Crippen MR) is 77.7 cm³/mol. The Labute approximate surface area is 122 Å². The van der Waals surface area contributed by atoms with Crippen molar-refractivity contribution >= 4 is 17.3 Å². The molecule has 1 aromatic heterocycles. The second-order valence-corrected chi connectivity index (χ2v) is 5.68. The molecule has 0 aliphatic carbocycles. The molecule has 0 bridgehead atoms. The van der Waals surface area contributed by atoms with Crippen LogP contribution in [-0.2, 0) is 14.4 Å². The zero-order valence-corrected chi connectivity index (χ0v) is 12.6. The van der Waals surface area contributed by atoms with E-state index < -0.39 is 5.97 Å². The van der Waals surface area contributed by atoms with Crippen molar-refractivity contribution in [3.05, 3.63) is 34.2 Å². The number of rotatable bonds is 3. The molecule has 20 heavy (non-hydrogen) atoms. The van der Waals surface area contributed by atoms with Crippen molar-refractivity contribution < 1.29 is 14.4 Å². The van der Waals surface area contributed by atoms with E-state index in [2.05, 4.69) is 11.8 Å². The summed E-state index contributed by atoms with van der Waals surface area (Å²) >= 11 is 1.59. The number of ether oxygens (including phenoxy) is 1. The minimum absolute atomic E-state index is 0.167. The molecule has 0 fully saturated rings. The van der Waals surface area contributed by atoms with Gasteiger partial charge in [-0.2, -0.15) is 0 Å². The van der Waals surface area contributed by atoms with E-state index in [1.165, 1.54) is 6.08 Å². The van der Waals surface area contributed by atoms with Gasteiger partial charge in [-0.25, -0.2) is 4.79 Å². The summed E-state index contributed by atoms with van der Waals surface area (Å²) in [6.45, 7) is 4.52. The Hall–Kier alpha value is -1.77. The first-order chi connectivity index (χ1) is 9.60. The third-order valence-corrected chi connectivity index (χ3v) is 3.65. The van der Waals surface area contributed by atoms with E-state index in [0.717, 1.165) is 4.88 Å². The van der Waals surface area contributed by atoms with Crippen molar-refractivity contribution in [2.24, 2.45) is 5.92 Å². The van der Waals surface area contributed by atoms with Gasteiger partial charge in [0, 0.05) is 0 Å². The van der Waals surface area contributed by atoms with Gasteiger partial charge < -0.3 is 9.57 Å². The maximum atomic E-state index is 11.5. The minimum Gasteiger partial charge on any atom is -0.499 e. The maximum absolute atomic E-state index is 11.5. The molecule has 0 radical (unpaired) electrons. The molecule has 1 aromatic rings. The standard InChI is InChI=1S/C15H17NO3S/c1-11(2)14(7-6-13-5-4-8-20-13)16-10-12(18-3)9-15(17)19-16/h4-5,8-9,11,14H,10H2,1-3H3. The Bertz CT molecular complexity index is 551. The Morgan fingerprint density at radius 1 is 1.50 bits per heavy atom. The summed E-state index contributed by atoms with van der Waals surface area (Å²) in [5.41, 5.74) is 0. The van der Waals surface area contributed by atoms with Gasteiger partial charge in [0.25, 0.3) is 0 Å². The van der Waals surface area contributed by atoms with Gasteiger partial charge in [0.15, 0.2) is 0 Å². The van der Waals surface area contributed by atoms with Gasteiger partial charge in [-0.15, -0.1) is 16.4 Å². The average Bonchev–Trinajstić information content (AvgIpc) is 2.91. The fourth-order valence-electron chi connectivity index (χ4n) is 1.85. The van der Waals surface area contributed by atoms with Crippen LogP contribution >= 0.6 is 11.3 Å². The fraction of sp³-hybridized carbons (Fsp3) is 0.400. The van der Waals surface area contributed by atoms with Crippen LogP contribution in [-0.4, -0.2) is 30.7 Å². The smallest absolute Gasteiger partial charge is 0.353 e. The third kappa shape index (κ3) is 3.62. The Morgan fingerprint density at radius 2 is 2.30 bits per heavy atom. The number of hydroxylamine groups is 2. The van der Waals surface area contributed by atoms with Crippen LogP contribution in [0.3, 0.4) is 0 Å². The van der Waals surface area contributed by atoms with Gasteiger partial charge in [0.2, 0.25) is 0 Å². The number of nitrogens with zero attached hydrogens (tertiary/aromatic N) is 1. The molecule has 2 heterocycles. The zero-order valence-electron chi connectivity index (χ0n) is 11.8. The largest absolute Gasteiger partial charge is 0.499 e. The molecule has 0 saturated heterocycles. The van der Waals surface area contributed by atoms with Gasteiger partial charge in [0.05, 0.1) is 24.6 Å². The molecule has 0 saturated carbocycles. The second kappa shape index (κ2) is 6.60. The number of carbonyl (C=O) groups excluding carboxylic acids is 1. The number of thiophene rings is 1. The third-order valence-electron chi connectivity index (χ3n) is 2.87. The highest BCUT2D eigenvalue weighted by molar-refractivity contribution is 7.10. The Morgan fingerprint density at radius 3 is 2.90 bits per heavy atom. The number of hydrogen-bond donors (Lipinski definition) is 0. The van der Waals surface area contributed by atoms with Crippen LogP contribution in [0, 0.1) is 17.8 Å². The van der Waals surface area contributed by atoms with E-state index in [9.17, 15) is 4.79 Å². The topological polar surface area (TPSA) is 38.8 Å². The lowest BCUT2D eigenvalue weighted by Crippen LogP contribution is -2.43. The van der Waals surface area contributed by atoms with Crippen molar-refractivity contribution in [1.29, 1.82) is 0 Å². The molecule has 0 N–H and O–H groups in total. The summed E-state index contributed by atoms with van der Waals surface area (Å²) in [6.07, 6.45) is 1.36. The van der Waals surface area contributed by atoms with E-state index in [1.54, 1.807) is 23.5 Å². The first-order valence-electron chi connectivity index (χ1n) is 6.38. The first-order valence-corrected chi connectivity index (χ1v) is 7.26. The lowest BCUT2D eigenvalue weighted by molar-refractivity contribution is -0.198. The van der Waals surface area contributed by atoms with Crippen molar-refractivity contribution in [2.45, 2.75) is 19.9 Å². The molecule has 106 valence electrons. The van der Waals surface area contributed by atoms with Crippen LogP contribution < -0.4 is 0 Å². The van der Waals surface area contributed by atoms with Gasteiger partial charge >= 0.3 is 5.97 Å². The summed E-state index contributed by atoms with van der Waals surface area (Å²) in [4.78, 5) is 17.8. The maximum Gasteiger partial charge on any atom is 0.353 e. The van der Waals surface area contributed by atoms with Crippen LogP contribution in [0.5, 0.6) is 0 Å². The van der Waals surface area contributed by atoms with Crippen LogP contribution in [0.4, 0.5) is 0 Å². The molecule has 0 spiro atoms. The molecular formula is C15H17NO3S. The molecule has 1 aliphatic heterocycles. The SMILES string of the molecule is COC1=CC(=O)ON(C(C#Cc2cccs2)C(C)C)C1. The van der Waals surface area contributed by atoms with Crippen molar-refractivity contribution in [1.82, 2.24) is 5.06 Å². The van der Waals surface area contributed by atoms with E-state index in [0.29, 0.717) is 12.3 Å². The number of hydrogen-bond acceptors (Lipinski definition) is 5. The van der Waals surface area contributed by atoms with Crippen LogP contribution in [0.2, 0.25) is 0 Å². The van der Waals surface area contributed by atoms with E-state index in [-0.39, 0.29) is 12.0 Å². The lowest BCUT2D eigenvalue weighted by Gasteiger charge is -2.31. The van der Waals surface area contributed by atoms with Crippen molar-refractivity contribution in [2.75, 3.05) is 13.7 Å². The summed E-state index contributed by atoms with van der Waals surface area (Å²) in [7, 11) is 1.55. The number of carbonyl (C=O) groups is 1. The predicted octanol–water partition coefficient (Wildman–Crippen LogP) is 2.43. The second-order valence-electron chi connectivity index (χ2n) is 4.74. The molecule has 1 atom stereocenters. The highest BCUT2D eigenvalue weighted by atomic mass is 32.1. The fourth-order valence-corrected chi connectivity index (χ4v) is 2.43. The monoisotopic (exact) mass is 291 g/mol. The molecule has 2 rings (SSSR count). The summed E-state index contributed by atoms with van der Waals surface area (Å²) in [5.74, 6) is 6.71. The molecule has 4 nitrogen and oxygen atoms in total. The van der Waals surface area contributed by atoms with E-state index in [4.69, 9.17) is 9.57 Å². The van der Waals surface area contributed by atoms with Crippen LogP contribution in [0.1, 0.15) is 18.7 Å². The quantitative estimate of drug-likeness (QED) is 0.802. The number of methoxy groups -OCH3 is 1. The minimum atomic E-state index is -0.420. The molecule has 0 aromatic carbocycles. The molecular weight excluding hydrogens is 274 g/mol. The zero-order chi connectivity index (χ0) is 14.5. The van der Waals surface area contributed by atoms with Crippen molar-refractivity contribution in [3.8, 4) is 11.8 Å². The van der Waals surface area contributed by atoms with Crippen LogP contribution in [0.25, 0.3) is 0 Å². The lowest BCUT2D eigenvalue weighted by atomic mass is 10.0. The molecule has 5 heteroatoms. The molecule has 1 unspecified atom stereocenters.